The molecular formula is C10H18O2. The van der Waals surface area contributed by atoms with Crippen molar-refractivity contribution in [2.45, 2.75) is 44.8 Å². The van der Waals surface area contributed by atoms with Crippen molar-refractivity contribution in [3.63, 3.8) is 0 Å². The largest absolute Gasteiger partial charge is 0.390 e. The molecule has 0 amide bonds. The van der Waals surface area contributed by atoms with E-state index in [0.717, 1.165) is 12.0 Å². The highest BCUT2D eigenvalue weighted by molar-refractivity contribution is 5.02. The number of aliphatic hydroxyl groups is 2. The zero-order chi connectivity index (χ0) is 9.35. The molecule has 0 aliphatic heterocycles. The van der Waals surface area contributed by atoms with Crippen molar-refractivity contribution >= 4 is 0 Å². The predicted octanol–water partition coefficient (Wildman–Crippen LogP) is 1.47. The fraction of sp³-hybridized carbons (Fsp3) is 0.800. The first-order chi connectivity index (χ1) is 5.43. The average molecular weight is 170 g/mol. The van der Waals surface area contributed by atoms with Gasteiger partial charge in [0.2, 0.25) is 0 Å². The fourth-order valence-corrected chi connectivity index (χ4v) is 1.72. The lowest BCUT2D eigenvalue weighted by atomic mass is 9.75. The zero-order valence-electron chi connectivity index (χ0n) is 7.88. The minimum Gasteiger partial charge on any atom is -0.390 e. The summed E-state index contributed by atoms with van der Waals surface area (Å²) in [5, 5.41) is 19.2. The van der Waals surface area contributed by atoms with Crippen LogP contribution in [0.5, 0.6) is 0 Å². The van der Waals surface area contributed by atoms with Gasteiger partial charge in [0.05, 0.1) is 11.7 Å². The normalized spacial score (nSPS) is 42.7. The molecule has 0 saturated heterocycles. The van der Waals surface area contributed by atoms with E-state index < -0.39 is 11.7 Å². The summed E-state index contributed by atoms with van der Waals surface area (Å²) in [6.07, 6.45) is 1.68. The van der Waals surface area contributed by atoms with Gasteiger partial charge in [0.1, 0.15) is 0 Å². The van der Waals surface area contributed by atoms with Crippen molar-refractivity contribution in [3.8, 4) is 0 Å². The second-order valence-corrected chi connectivity index (χ2v) is 4.19. The third kappa shape index (κ3) is 1.87. The van der Waals surface area contributed by atoms with Crippen LogP contribution in [0.15, 0.2) is 12.2 Å². The van der Waals surface area contributed by atoms with Crippen molar-refractivity contribution < 1.29 is 10.2 Å². The van der Waals surface area contributed by atoms with Crippen molar-refractivity contribution in [1.82, 2.24) is 0 Å². The van der Waals surface area contributed by atoms with E-state index in [4.69, 9.17) is 0 Å². The van der Waals surface area contributed by atoms with E-state index in [0.29, 0.717) is 18.8 Å². The molecule has 2 nitrogen and oxygen atoms in total. The Labute approximate surface area is 73.9 Å². The fourth-order valence-electron chi connectivity index (χ4n) is 1.72. The molecule has 0 heterocycles. The van der Waals surface area contributed by atoms with Gasteiger partial charge < -0.3 is 10.2 Å². The Balaban J connectivity index is 2.58. The number of allylic oxidation sites excluding steroid dienone is 1. The Hall–Kier alpha value is -0.340. The molecule has 12 heavy (non-hydrogen) atoms. The Morgan fingerprint density at radius 3 is 2.58 bits per heavy atom. The Kier molecular flexibility index (Phi) is 2.59. The number of hydrogen-bond acceptors (Lipinski definition) is 2. The van der Waals surface area contributed by atoms with E-state index >= 15 is 0 Å². The molecule has 0 aromatic heterocycles. The van der Waals surface area contributed by atoms with Crippen LogP contribution in [-0.2, 0) is 0 Å². The van der Waals surface area contributed by atoms with Crippen molar-refractivity contribution in [2.24, 2.45) is 5.92 Å². The van der Waals surface area contributed by atoms with E-state index in [2.05, 4.69) is 6.58 Å². The third-order valence-corrected chi connectivity index (χ3v) is 2.92. The van der Waals surface area contributed by atoms with Crippen LogP contribution < -0.4 is 0 Å². The lowest BCUT2D eigenvalue weighted by molar-refractivity contribution is -0.0952. The van der Waals surface area contributed by atoms with Crippen LogP contribution in [0.25, 0.3) is 0 Å². The molecule has 70 valence electrons. The van der Waals surface area contributed by atoms with Gasteiger partial charge >= 0.3 is 0 Å². The topological polar surface area (TPSA) is 40.5 Å². The van der Waals surface area contributed by atoms with Crippen LogP contribution in [0.1, 0.15) is 33.1 Å². The summed E-state index contributed by atoms with van der Waals surface area (Å²) in [5.41, 5.74) is 0.232. The van der Waals surface area contributed by atoms with Gasteiger partial charge in [-0.1, -0.05) is 12.2 Å². The van der Waals surface area contributed by atoms with E-state index in [1.165, 1.54) is 0 Å². The first kappa shape index (κ1) is 9.75. The van der Waals surface area contributed by atoms with Crippen LogP contribution in [0.4, 0.5) is 0 Å². The lowest BCUT2D eigenvalue weighted by Crippen LogP contribution is -2.44. The molecule has 1 fully saturated rings. The SMILES string of the molecule is C=C(C)[C@H]1CC[C@@](C)(O)[C@H](O)C1. The van der Waals surface area contributed by atoms with Crippen LogP contribution in [0.3, 0.4) is 0 Å². The first-order valence-electron chi connectivity index (χ1n) is 4.49. The van der Waals surface area contributed by atoms with Gasteiger partial charge in [-0.05, 0) is 39.0 Å². The molecule has 1 aliphatic rings. The second-order valence-electron chi connectivity index (χ2n) is 4.19. The molecule has 2 heteroatoms. The van der Waals surface area contributed by atoms with Crippen molar-refractivity contribution in [3.05, 3.63) is 12.2 Å². The maximum atomic E-state index is 9.66. The van der Waals surface area contributed by atoms with E-state index in [1.807, 2.05) is 6.92 Å². The highest BCUT2D eigenvalue weighted by atomic mass is 16.3. The monoisotopic (exact) mass is 170 g/mol. The lowest BCUT2D eigenvalue weighted by Gasteiger charge is -2.38. The summed E-state index contributed by atoms with van der Waals surface area (Å²) in [4.78, 5) is 0. The second kappa shape index (κ2) is 3.19. The van der Waals surface area contributed by atoms with Crippen LogP contribution in [0, 0.1) is 5.92 Å². The van der Waals surface area contributed by atoms with E-state index in [1.54, 1.807) is 6.92 Å². The molecule has 0 radical (unpaired) electrons. The molecule has 3 atom stereocenters. The molecule has 0 bridgehead atoms. The van der Waals surface area contributed by atoms with Gasteiger partial charge in [-0.3, -0.25) is 0 Å². The van der Waals surface area contributed by atoms with Gasteiger partial charge in [0.15, 0.2) is 0 Å². The molecule has 2 N–H and O–H groups in total. The van der Waals surface area contributed by atoms with Gasteiger partial charge in [-0.15, -0.1) is 0 Å². The van der Waals surface area contributed by atoms with Gasteiger partial charge in [0.25, 0.3) is 0 Å². The highest BCUT2D eigenvalue weighted by Gasteiger charge is 2.37. The minimum absolute atomic E-state index is 0.389. The molecule has 1 aliphatic carbocycles. The molecule has 0 aromatic rings. The van der Waals surface area contributed by atoms with Crippen LogP contribution in [0.2, 0.25) is 0 Å². The zero-order valence-corrected chi connectivity index (χ0v) is 7.88. The van der Waals surface area contributed by atoms with Crippen molar-refractivity contribution in [1.29, 1.82) is 0 Å². The summed E-state index contributed by atoms with van der Waals surface area (Å²) in [6.45, 7) is 7.55. The first-order valence-corrected chi connectivity index (χ1v) is 4.49. The number of aliphatic hydroxyl groups excluding tert-OH is 1. The summed E-state index contributed by atoms with van der Waals surface area (Å²) in [6, 6.07) is 0. The Morgan fingerprint density at radius 1 is 1.58 bits per heavy atom. The maximum absolute atomic E-state index is 9.66. The highest BCUT2D eigenvalue weighted by Crippen LogP contribution is 2.34. The van der Waals surface area contributed by atoms with E-state index in [9.17, 15) is 10.2 Å². The van der Waals surface area contributed by atoms with Gasteiger partial charge in [0, 0.05) is 0 Å². The average Bonchev–Trinajstić information content (AvgIpc) is 1.94. The standard InChI is InChI=1S/C10H18O2/c1-7(2)8-4-5-10(3,12)9(11)6-8/h8-9,11-12H,1,4-6H2,2-3H3/t8-,9+,10+/m0/s1. The number of rotatable bonds is 1. The molecular weight excluding hydrogens is 152 g/mol. The maximum Gasteiger partial charge on any atom is 0.0877 e. The van der Waals surface area contributed by atoms with Crippen LogP contribution in [-0.4, -0.2) is 21.9 Å². The summed E-state index contributed by atoms with van der Waals surface area (Å²) < 4.78 is 0. The quantitative estimate of drug-likeness (QED) is 0.585. The third-order valence-electron chi connectivity index (χ3n) is 2.92. The van der Waals surface area contributed by atoms with E-state index in [-0.39, 0.29) is 0 Å². The summed E-state index contributed by atoms with van der Waals surface area (Å²) >= 11 is 0. The summed E-state index contributed by atoms with van der Waals surface area (Å²) in [5.74, 6) is 0.389. The van der Waals surface area contributed by atoms with Crippen LogP contribution >= 0.6 is 0 Å². The van der Waals surface area contributed by atoms with Gasteiger partial charge in [-0.25, -0.2) is 0 Å². The summed E-state index contributed by atoms with van der Waals surface area (Å²) in [7, 11) is 0. The predicted molar refractivity (Wildman–Crippen MR) is 48.8 cm³/mol. The Bertz CT molecular complexity index is 184. The molecule has 1 saturated carbocycles. The number of hydrogen-bond donors (Lipinski definition) is 2. The molecule has 1 rings (SSSR count). The Morgan fingerprint density at radius 2 is 2.17 bits per heavy atom. The van der Waals surface area contributed by atoms with Crippen molar-refractivity contribution in [2.75, 3.05) is 0 Å². The van der Waals surface area contributed by atoms with Gasteiger partial charge in [-0.2, -0.15) is 0 Å². The molecule has 0 unspecified atom stereocenters. The molecule has 0 spiro atoms. The molecule has 0 aromatic carbocycles. The minimum atomic E-state index is -0.883. The smallest absolute Gasteiger partial charge is 0.0877 e.